The Hall–Kier alpha value is -2.29. The molecule has 7 nitrogen and oxygen atoms in total. The lowest BCUT2D eigenvalue weighted by Crippen LogP contribution is -2.45. The largest absolute Gasteiger partial charge is 0.457 e. The van der Waals surface area contributed by atoms with Crippen LogP contribution >= 0.6 is 11.5 Å². The van der Waals surface area contributed by atoms with Crippen LogP contribution in [0.3, 0.4) is 0 Å². The SMILES string of the molecule is Cc1cc(N2CCC3(CCN(CC(O)c4ccc5c(c4C)COC5=O)CC3)C2=O)sn1. The number of amides is 1. The molecule has 1 N–H and O–H groups in total. The smallest absolute Gasteiger partial charge is 0.338 e. The zero-order chi connectivity index (χ0) is 21.8. The van der Waals surface area contributed by atoms with E-state index in [0.29, 0.717) is 12.1 Å². The number of esters is 1. The Balaban J connectivity index is 1.23. The Morgan fingerprint density at radius 3 is 2.65 bits per heavy atom. The van der Waals surface area contributed by atoms with Crippen molar-refractivity contribution in [2.24, 2.45) is 5.41 Å². The lowest BCUT2D eigenvalue weighted by Gasteiger charge is -2.38. The summed E-state index contributed by atoms with van der Waals surface area (Å²) in [4.78, 5) is 29.1. The average Bonchev–Trinajstić information content (AvgIpc) is 3.43. The minimum Gasteiger partial charge on any atom is -0.457 e. The molecule has 0 radical (unpaired) electrons. The highest BCUT2D eigenvalue weighted by Crippen LogP contribution is 2.44. The lowest BCUT2D eigenvalue weighted by molar-refractivity contribution is -0.128. The third-order valence-electron chi connectivity index (χ3n) is 7.21. The van der Waals surface area contributed by atoms with Crippen LogP contribution in [0.15, 0.2) is 18.2 Å². The first-order valence-electron chi connectivity index (χ1n) is 10.8. The zero-order valence-corrected chi connectivity index (χ0v) is 18.7. The molecule has 5 rings (SSSR count). The maximum Gasteiger partial charge on any atom is 0.338 e. The van der Waals surface area contributed by atoms with E-state index >= 15 is 0 Å². The zero-order valence-electron chi connectivity index (χ0n) is 17.9. The van der Waals surface area contributed by atoms with E-state index in [2.05, 4.69) is 9.27 Å². The number of anilines is 1. The van der Waals surface area contributed by atoms with Gasteiger partial charge in [0.25, 0.3) is 0 Å². The Labute approximate surface area is 185 Å². The van der Waals surface area contributed by atoms with Crippen LogP contribution in [0, 0.1) is 19.3 Å². The summed E-state index contributed by atoms with van der Waals surface area (Å²) in [6.07, 6.45) is 1.89. The lowest BCUT2D eigenvalue weighted by atomic mass is 9.77. The Morgan fingerprint density at radius 2 is 1.94 bits per heavy atom. The van der Waals surface area contributed by atoms with Crippen LogP contribution in [0.5, 0.6) is 0 Å². The number of hydrogen-bond acceptors (Lipinski definition) is 7. The van der Waals surface area contributed by atoms with Crippen molar-refractivity contribution in [3.05, 3.63) is 46.1 Å². The van der Waals surface area contributed by atoms with Crippen molar-refractivity contribution in [2.75, 3.05) is 31.1 Å². The molecule has 2 saturated heterocycles. The molecule has 2 aromatic rings. The molecule has 1 unspecified atom stereocenters. The third-order valence-corrected chi connectivity index (χ3v) is 8.11. The van der Waals surface area contributed by atoms with Crippen molar-refractivity contribution in [1.29, 1.82) is 0 Å². The van der Waals surface area contributed by atoms with Crippen LogP contribution in [0.1, 0.15) is 58.1 Å². The second-order valence-electron chi connectivity index (χ2n) is 8.99. The number of likely N-dealkylation sites (tertiary alicyclic amines) is 1. The summed E-state index contributed by atoms with van der Waals surface area (Å²) in [5, 5.41) is 11.9. The van der Waals surface area contributed by atoms with Crippen molar-refractivity contribution in [2.45, 2.75) is 45.8 Å². The van der Waals surface area contributed by atoms with Crippen molar-refractivity contribution < 1.29 is 19.4 Å². The fourth-order valence-electron chi connectivity index (χ4n) is 5.21. The number of benzene rings is 1. The van der Waals surface area contributed by atoms with Gasteiger partial charge in [-0.2, -0.15) is 4.37 Å². The maximum absolute atomic E-state index is 13.2. The van der Waals surface area contributed by atoms with Gasteiger partial charge in [0.2, 0.25) is 5.91 Å². The number of aliphatic hydroxyl groups is 1. The number of aromatic nitrogens is 1. The van der Waals surface area contributed by atoms with Crippen LogP contribution in [0.25, 0.3) is 0 Å². The summed E-state index contributed by atoms with van der Waals surface area (Å²) in [7, 11) is 0. The number of ether oxygens (including phenoxy) is 1. The van der Waals surface area contributed by atoms with Gasteiger partial charge in [0.05, 0.1) is 22.8 Å². The second kappa shape index (κ2) is 7.69. The molecule has 2 fully saturated rings. The van der Waals surface area contributed by atoms with E-state index in [9.17, 15) is 14.7 Å². The number of fused-ring (bicyclic) bond motifs is 1. The predicted molar refractivity (Wildman–Crippen MR) is 117 cm³/mol. The molecule has 1 aromatic carbocycles. The fraction of sp³-hybridized carbons (Fsp3) is 0.522. The van der Waals surface area contributed by atoms with E-state index in [1.807, 2.05) is 30.9 Å². The Kier molecular flexibility index (Phi) is 5.11. The Bertz CT molecular complexity index is 1040. The van der Waals surface area contributed by atoms with Crippen molar-refractivity contribution in [3.63, 3.8) is 0 Å². The summed E-state index contributed by atoms with van der Waals surface area (Å²) < 4.78 is 9.45. The molecule has 31 heavy (non-hydrogen) atoms. The van der Waals surface area contributed by atoms with Crippen LogP contribution in [-0.4, -0.2) is 52.4 Å². The normalized spacial score (nSPS) is 21.6. The molecule has 4 heterocycles. The van der Waals surface area contributed by atoms with Gasteiger partial charge in [0.1, 0.15) is 11.6 Å². The van der Waals surface area contributed by atoms with E-state index in [1.54, 1.807) is 6.07 Å². The summed E-state index contributed by atoms with van der Waals surface area (Å²) in [5.41, 5.74) is 3.95. The number of β-amino-alcohol motifs (C(OH)–C–C–N with tert-alkyl or cyclic N) is 1. The van der Waals surface area contributed by atoms with Gasteiger partial charge in [-0.3, -0.25) is 4.79 Å². The van der Waals surface area contributed by atoms with Gasteiger partial charge in [-0.05, 0) is 81.0 Å². The molecule has 1 atom stereocenters. The van der Waals surface area contributed by atoms with Crippen molar-refractivity contribution >= 4 is 28.4 Å². The minimum absolute atomic E-state index is 0.232. The van der Waals surface area contributed by atoms with Gasteiger partial charge in [-0.15, -0.1) is 0 Å². The highest BCUT2D eigenvalue weighted by molar-refractivity contribution is 7.10. The van der Waals surface area contributed by atoms with E-state index < -0.39 is 6.10 Å². The molecule has 1 spiro atoms. The topological polar surface area (TPSA) is 83.0 Å². The second-order valence-corrected chi connectivity index (χ2v) is 9.78. The summed E-state index contributed by atoms with van der Waals surface area (Å²) in [5.74, 6) is -0.0558. The van der Waals surface area contributed by atoms with Crippen LogP contribution < -0.4 is 4.90 Å². The average molecular weight is 442 g/mol. The van der Waals surface area contributed by atoms with E-state index in [4.69, 9.17) is 4.74 Å². The quantitative estimate of drug-likeness (QED) is 0.735. The molecule has 1 amide bonds. The monoisotopic (exact) mass is 441 g/mol. The fourth-order valence-corrected chi connectivity index (χ4v) is 5.99. The standard InChI is InChI=1S/C23H27N3O4S/c1-14-11-20(31-24-14)26-10-7-23(22(26)29)5-8-25(9-6-23)12-19(27)16-3-4-17-18(15(16)2)13-30-21(17)28/h3-4,11,19,27H,5-10,12-13H2,1-2H3. The summed E-state index contributed by atoms with van der Waals surface area (Å²) in [6.45, 7) is 7.05. The van der Waals surface area contributed by atoms with Crippen molar-refractivity contribution in [1.82, 2.24) is 9.27 Å². The van der Waals surface area contributed by atoms with Crippen LogP contribution in [-0.2, 0) is 16.1 Å². The molecule has 3 aliphatic heterocycles. The van der Waals surface area contributed by atoms with E-state index in [1.165, 1.54) is 11.5 Å². The molecule has 0 bridgehead atoms. The third kappa shape index (κ3) is 3.46. The molecular formula is C23H27N3O4S. The number of piperidine rings is 1. The van der Waals surface area contributed by atoms with Gasteiger partial charge in [-0.1, -0.05) is 6.07 Å². The molecule has 0 saturated carbocycles. The number of carbonyl (C=O) groups is 2. The first-order chi connectivity index (χ1) is 14.9. The Morgan fingerprint density at radius 1 is 1.19 bits per heavy atom. The number of nitrogens with zero attached hydrogens (tertiary/aromatic N) is 3. The molecule has 164 valence electrons. The van der Waals surface area contributed by atoms with Gasteiger partial charge < -0.3 is 19.6 Å². The van der Waals surface area contributed by atoms with Crippen LogP contribution in [0.2, 0.25) is 0 Å². The highest BCUT2D eigenvalue weighted by Gasteiger charge is 2.49. The summed E-state index contributed by atoms with van der Waals surface area (Å²) >= 11 is 1.40. The maximum atomic E-state index is 13.2. The molecule has 3 aliphatic rings. The first-order valence-corrected chi connectivity index (χ1v) is 11.6. The summed E-state index contributed by atoms with van der Waals surface area (Å²) in [6, 6.07) is 5.59. The highest BCUT2D eigenvalue weighted by atomic mass is 32.1. The molecule has 1 aromatic heterocycles. The number of hydrogen-bond donors (Lipinski definition) is 1. The van der Waals surface area contributed by atoms with Gasteiger partial charge >= 0.3 is 5.97 Å². The number of cyclic esters (lactones) is 1. The molecular weight excluding hydrogens is 414 g/mol. The number of aliphatic hydroxyl groups excluding tert-OH is 1. The van der Waals surface area contributed by atoms with Gasteiger partial charge in [-0.25, -0.2) is 4.79 Å². The van der Waals surface area contributed by atoms with Crippen LogP contribution in [0.4, 0.5) is 5.00 Å². The number of rotatable bonds is 4. The number of carbonyl (C=O) groups excluding carboxylic acids is 2. The molecule has 0 aliphatic carbocycles. The predicted octanol–water partition coefficient (Wildman–Crippen LogP) is 2.98. The van der Waals surface area contributed by atoms with Gasteiger partial charge in [0, 0.05) is 18.7 Å². The molecule has 8 heteroatoms. The van der Waals surface area contributed by atoms with Crippen molar-refractivity contribution in [3.8, 4) is 0 Å². The van der Waals surface area contributed by atoms with Gasteiger partial charge in [0.15, 0.2) is 0 Å². The van der Waals surface area contributed by atoms with E-state index in [0.717, 1.165) is 66.3 Å². The number of aryl methyl sites for hydroxylation is 1. The van der Waals surface area contributed by atoms with E-state index in [-0.39, 0.29) is 23.9 Å². The minimum atomic E-state index is -0.633. The first kappa shape index (κ1) is 20.6.